The quantitative estimate of drug-likeness (QED) is 0.824. The van der Waals surface area contributed by atoms with Crippen LogP contribution < -0.4 is 5.73 Å². The van der Waals surface area contributed by atoms with E-state index >= 15 is 0 Å². The molecule has 0 spiro atoms. The Hall–Kier alpha value is -1.71. The lowest BCUT2D eigenvalue weighted by Crippen LogP contribution is -2.33. The van der Waals surface area contributed by atoms with Gasteiger partial charge >= 0.3 is 6.09 Å². The molecule has 4 heteroatoms. The summed E-state index contributed by atoms with van der Waals surface area (Å²) in [5.41, 5.74) is 6.13. The van der Waals surface area contributed by atoms with Gasteiger partial charge in [-0.25, -0.2) is 4.79 Å². The monoisotopic (exact) mass is 223 g/mol. The van der Waals surface area contributed by atoms with Gasteiger partial charge in [-0.3, -0.25) is 0 Å². The van der Waals surface area contributed by atoms with E-state index in [1.165, 1.54) is 0 Å². The van der Waals surface area contributed by atoms with Crippen molar-refractivity contribution in [1.29, 1.82) is 0 Å². The van der Waals surface area contributed by atoms with Crippen LogP contribution in [0.5, 0.6) is 5.75 Å². The van der Waals surface area contributed by atoms with E-state index in [4.69, 9.17) is 10.5 Å². The molecule has 16 heavy (non-hydrogen) atoms. The van der Waals surface area contributed by atoms with E-state index in [0.29, 0.717) is 6.42 Å². The van der Waals surface area contributed by atoms with Crippen molar-refractivity contribution in [1.82, 2.24) is 0 Å². The lowest BCUT2D eigenvalue weighted by molar-refractivity contribution is 0.0460. The summed E-state index contributed by atoms with van der Waals surface area (Å²) in [6, 6.07) is 5.29. The summed E-state index contributed by atoms with van der Waals surface area (Å²) in [5.74, 6) is 0.261. The van der Waals surface area contributed by atoms with E-state index in [9.17, 15) is 9.90 Å². The summed E-state index contributed by atoms with van der Waals surface area (Å²) in [4.78, 5) is 10.7. The fourth-order valence-corrected chi connectivity index (χ4v) is 1.63. The van der Waals surface area contributed by atoms with Gasteiger partial charge in [0.25, 0.3) is 0 Å². The number of amides is 1. The van der Waals surface area contributed by atoms with Crippen LogP contribution in [0.1, 0.15) is 25.0 Å². The third-order valence-corrected chi connectivity index (χ3v) is 2.27. The van der Waals surface area contributed by atoms with Gasteiger partial charge in [0.15, 0.2) is 0 Å². The fourth-order valence-electron chi connectivity index (χ4n) is 1.63. The Morgan fingerprint density at radius 3 is 2.62 bits per heavy atom. The van der Waals surface area contributed by atoms with Crippen LogP contribution in [0.15, 0.2) is 18.2 Å². The number of carbonyl (C=O) groups is 1. The highest BCUT2D eigenvalue weighted by Gasteiger charge is 2.22. The third-order valence-electron chi connectivity index (χ3n) is 2.27. The Labute approximate surface area is 95.0 Å². The molecule has 88 valence electrons. The first-order chi connectivity index (χ1) is 7.30. The van der Waals surface area contributed by atoms with E-state index in [2.05, 4.69) is 0 Å². The summed E-state index contributed by atoms with van der Waals surface area (Å²) < 4.78 is 4.99. The van der Waals surface area contributed by atoms with Crippen LogP contribution in [0.25, 0.3) is 0 Å². The molecule has 1 rings (SSSR count). The first kappa shape index (κ1) is 12.4. The summed E-state index contributed by atoms with van der Waals surface area (Å²) >= 11 is 0. The summed E-state index contributed by atoms with van der Waals surface area (Å²) in [6.07, 6.45) is -0.225. The van der Waals surface area contributed by atoms with Crippen molar-refractivity contribution in [3.05, 3.63) is 29.3 Å². The normalized spacial score (nSPS) is 11.2. The Kier molecular flexibility index (Phi) is 3.42. The molecule has 4 nitrogen and oxygen atoms in total. The molecule has 0 bridgehead atoms. The average Bonchev–Trinajstić information content (AvgIpc) is 2.08. The molecule has 0 heterocycles. The predicted octanol–water partition coefficient (Wildman–Crippen LogP) is 2.12. The predicted molar refractivity (Wildman–Crippen MR) is 61.3 cm³/mol. The molecule has 0 atom stereocenters. The minimum Gasteiger partial charge on any atom is -0.508 e. The van der Waals surface area contributed by atoms with Gasteiger partial charge in [-0.15, -0.1) is 0 Å². The van der Waals surface area contributed by atoms with Crippen LogP contribution >= 0.6 is 0 Å². The zero-order valence-electron chi connectivity index (χ0n) is 9.78. The van der Waals surface area contributed by atoms with E-state index in [-0.39, 0.29) is 5.75 Å². The molecule has 0 aliphatic rings. The zero-order valence-corrected chi connectivity index (χ0v) is 9.78. The molecule has 0 radical (unpaired) electrons. The molecule has 1 amide bonds. The zero-order chi connectivity index (χ0) is 12.3. The maximum absolute atomic E-state index is 10.7. The number of ether oxygens (including phenoxy) is 1. The minimum absolute atomic E-state index is 0.261. The van der Waals surface area contributed by atoms with Crippen molar-refractivity contribution < 1.29 is 14.6 Å². The molecule has 1 aromatic carbocycles. The summed E-state index contributed by atoms with van der Waals surface area (Å²) in [6.45, 7) is 5.40. The molecule has 1 aromatic rings. The Bertz CT molecular complexity index is 399. The second-order valence-electron chi connectivity index (χ2n) is 4.48. The Morgan fingerprint density at radius 2 is 2.12 bits per heavy atom. The van der Waals surface area contributed by atoms with Gasteiger partial charge < -0.3 is 15.6 Å². The Morgan fingerprint density at radius 1 is 1.50 bits per heavy atom. The maximum atomic E-state index is 10.7. The molecular formula is C12H17NO3. The number of primary amides is 1. The number of rotatable bonds is 3. The maximum Gasteiger partial charge on any atom is 0.405 e. The van der Waals surface area contributed by atoms with E-state index in [1.807, 2.05) is 13.0 Å². The lowest BCUT2D eigenvalue weighted by Gasteiger charge is -2.24. The van der Waals surface area contributed by atoms with Gasteiger partial charge in [0.05, 0.1) is 0 Å². The standard InChI is InChI=1S/C12H17NO3/c1-8-6-9(4-5-10(8)14)7-12(2,3)16-11(13)15/h4-6,14H,7H2,1-3H3,(H2,13,15). The van der Waals surface area contributed by atoms with Gasteiger partial charge in [-0.1, -0.05) is 12.1 Å². The van der Waals surface area contributed by atoms with Crippen molar-refractivity contribution in [2.45, 2.75) is 32.8 Å². The first-order valence-corrected chi connectivity index (χ1v) is 5.07. The number of hydrogen-bond acceptors (Lipinski definition) is 3. The van der Waals surface area contributed by atoms with Crippen molar-refractivity contribution in [2.75, 3.05) is 0 Å². The number of hydrogen-bond donors (Lipinski definition) is 2. The number of aromatic hydroxyl groups is 1. The summed E-state index contributed by atoms with van der Waals surface area (Å²) in [5, 5.41) is 9.38. The number of phenolic OH excluding ortho intramolecular Hbond substituents is 1. The molecule has 0 fully saturated rings. The van der Waals surface area contributed by atoms with Gasteiger partial charge in [-0.2, -0.15) is 0 Å². The van der Waals surface area contributed by atoms with Crippen molar-refractivity contribution in [3.8, 4) is 5.75 Å². The van der Waals surface area contributed by atoms with Crippen LogP contribution in [0.3, 0.4) is 0 Å². The number of phenols is 1. The molecule has 0 saturated heterocycles. The highest BCUT2D eigenvalue weighted by Crippen LogP contribution is 2.22. The number of benzene rings is 1. The molecule has 0 aliphatic carbocycles. The highest BCUT2D eigenvalue weighted by molar-refractivity contribution is 5.65. The lowest BCUT2D eigenvalue weighted by atomic mass is 9.97. The minimum atomic E-state index is -0.777. The number of aryl methyl sites for hydroxylation is 1. The van der Waals surface area contributed by atoms with E-state index in [0.717, 1.165) is 11.1 Å². The Balaban J connectivity index is 2.79. The third kappa shape index (κ3) is 3.46. The average molecular weight is 223 g/mol. The van der Waals surface area contributed by atoms with E-state index in [1.54, 1.807) is 26.0 Å². The second-order valence-corrected chi connectivity index (χ2v) is 4.48. The smallest absolute Gasteiger partial charge is 0.405 e. The molecule has 0 unspecified atom stereocenters. The van der Waals surface area contributed by atoms with Gasteiger partial charge in [-0.05, 0) is 38.0 Å². The van der Waals surface area contributed by atoms with Crippen molar-refractivity contribution >= 4 is 6.09 Å². The number of carbonyl (C=O) groups excluding carboxylic acids is 1. The van der Waals surface area contributed by atoms with Gasteiger partial charge in [0.1, 0.15) is 11.4 Å². The highest BCUT2D eigenvalue weighted by atomic mass is 16.6. The van der Waals surface area contributed by atoms with Crippen LogP contribution in [-0.4, -0.2) is 16.8 Å². The topological polar surface area (TPSA) is 72.5 Å². The fraction of sp³-hybridized carbons (Fsp3) is 0.417. The molecular weight excluding hydrogens is 206 g/mol. The van der Waals surface area contributed by atoms with Crippen LogP contribution in [-0.2, 0) is 11.2 Å². The largest absolute Gasteiger partial charge is 0.508 e. The number of nitrogens with two attached hydrogens (primary N) is 1. The molecule has 0 saturated carbocycles. The van der Waals surface area contributed by atoms with Crippen LogP contribution in [0.4, 0.5) is 4.79 Å². The molecule has 0 aliphatic heterocycles. The second kappa shape index (κ2) is 4.43. The summed E-state index contributed by atoms with van der Waals surface area (Å²) in [7, 11) is 0. The van der Waals surface area contributed by atoms with Gasteiger partial charge in [0.2, 0.25) is 0 Å². The SMILES string of the molecule is Cc1cc(CC(C)(C)OC(N)=O)ccc1O. The van der Waals surface area contributed by atoms with E-state index < -0.39 is 11.7 Å². The molecule has 0 aromatic heterocycles. The first-order valence-electron chi connectivity index (χ1n) is 5.07. The van der Waals surface area contributed by atoms with Crippen molar-refractivity contribution in [2.24, 2.45) is 5.73 Å². The molecule has 3 N–H and O–H groups in total. The van der Waals surface area contributed by atoms with Crippen LogP contribution in [0, 0.1) is 6.92 Å². The van der Waals surface area contributed by atoms with Crippen molar-refractivity contribution in [3.63, 3.8) is 0 Å². The van der Waals surface area contributed by atoms with Gasteiger partial charge in [0, 0.05) is 6.42 Å². The van der Waals surface area contributed by atoms with Crippen LogP contribution in [0.2, 0.25) is 0 Å².